The SMILES string of the molecule is Cc1ccc(C(CC(=O)NC2CCCCC2)c2ccccc2)cc1. The summed E-state index contributed by atoms with van der Waals surface area (Å²) in [5.74, 6) is 0.298. The highest BCUT2D eigenvalue weighted by Gasteiger charge is 2.21. The second kappa shape index (κ2) is 8.14. The van der Waals surface area contributed by atoms with E-state index >= 15 is 0 Å². The summed E-state index contributed by atoms with van der Waals surface area (Å²) in [5.41, 5.74) is 3.67. The van der Waals surface area contributed by atoms with Gasteiger partial charge in [0.2, 0.25) is 5.91 Å². The second-order valence-electron chi connectivity index (χ2n) is 6.98. The van der Waals surface area contributed by atoms with Crippen LogP contribution < -0.4 is 5.32 Å². The Bertz CT molecular complexity index is 641. The van der Waals surface area contributed by atoms with Crippen LogP contribution in [0.1, 0.15) is 61.1 Å². The Kier molecular flexibility index (Phi) is 5.68. The zero-order valence-electron chi connectivity index (χ0n) is 14.5. The highest BCUT2D eigenvalue weighted by Crippen LogP contribution is 2.28. The molecule has 3 rings (SSSR count). The van der Waals surface area contributed by atoms with E-state index in [2.05, 4.69) is 60.8 Å². The van der Waals surface area contributed by atoms with Crippen LogP contribution in [0.3, 0.4) is 0 Å². The lowest BCUT2D eigenvalue weighted by molar-refractivity contribution is -0.122. The second-order valence-corrected chi connectivity index (χ2v) is 6.98. The largest absolute Gasteiger partial charge is 0.353 e. The van der Waals surface area contributed by atoms with Crippen molar-refractivity contribution in [2.24, 2.45) is 0 Å². The molecule has 2 heteroatoms. The molecule has 2 aromatic rings. The molecule has 1 saturated carbocycles. The Morgan fingerprint density at radius 2 is 1.58 bits per heavy atom. The van der Waals surface area contributed by atoms with Crippen molar-refractivity contribution < 1.29 is 4.79 Å². The molecule has 1 unspecified atom stereocenters. The fraction of sp³-hybridized carbons (Fsp3) is 0.409. The first-order valence-corrected chi connectivity index (χ1v) is 9.13. The minimum absolute atomic E-state index is 0.121. The summed E-state index contributed by atoms with van der Waals surface area (Å²) in [6.07, 6.45) is 6.57. The summed E-state index contributed by atoms with van der Waals surface area (Å²) in [7, 11) is 0. The van der Waals surface area contributed by atoms with E-state index in [9.17, 15) is 4.79 Å². The predicted molar refractivity (Wildman–Crippen MR) is 99.1 cm³/mol. The smallest absolute Gasteiger partial charge is 0.221 e. The molecule has 0 saturated heterocycles. The van der Waals surface area contributed by atoms with Gasteiger partial charge in [-0.3, -0.25) is 4.79 Å². The molecule has 2 nitrogen and oxygen atoms in total. The normalized spacial score (nSPS) is 16.5. The lowest BCUT2D eigenvalue weighted by atomic mass is 9.87. The molecular weight excluding hydrogens is 294 g/mol. The number of benzene rings is 2. The molecule has 0 radical (unpaired) electrons. The molecule has 0 spiro atoms. The van der Waals surface area contributed by atoms with E-state index in [-0.39, 0.29) is 11.8 Å². The summed E-state index contributed by atoms with van der Waals surface area (Å²) in [6, 6.07) is 19.3. The molecule has 1 amide bonds. The van der Waals surface area contributed by atoms with E-state index in [4.69, 9.17) is 0 Å². The maximum absolute atomic E-state index is 12.6. The standard InChI is InChI=1S/C22H27NO/c1-17-12-14-19(15-13-17)21(18-8-4-2-5-9-18)16-22(24)23-20-10-6-3-7-11-20/h2,4-5,8-9,12-15,20-21H,3,6-7,10-11,16H2,1H3,(H,23,24). The van der Waals surface area contributed by atoms with Crippen LogP contribution in [0.5, 0.6) is 0 Å². The van der Waals surface area contributed by atoms with Gasteiger partial charge in [-0.15, -0.1) is 0 Å². The van der Waals surface area contributed by atoms with E-state index in [0.29, 0.717) is 12.5 Å². The third-order valence-corrected chi connectivity index (χ3v) is 5.04. The number of carbonyl (C=O) groups is 1. The van der Waals surface area contributed by atoms with Crippen molar-refractivity contribution in [2.75, 3.05) is 0 Å². The number of nitrogens with one attached hydrogen (secondary N) is 1. The van der Waals surface area contributed by atoms with Crippen LogP contribution in [0.2, 0.25) is 0 Å². The molecule has 2 aromatic carbocycles. The molecule has 24 heavy (non-hydrogen) atoms. The van der Waals surface area contributed by atoms with E-state index in [1.54, 1.807) is 0 Å². The number of amides is 1. The molecule has 0 aromatic heterocycles. The molecule has 1 atom stereocenters. The zero-order chi connectivity index (χ0) is 16.8. The topological polar surface area (TPSA) is 29.1 Å². The maximum atomic E-state index is 12.6. The van der Waals surface area contributed by atoms with Crippen molar-refractivity contribution in [2.45, 2.75) is 57.4 Å². The van der Waals surface area contributed by atoms with Gasteiger partial charge >= 0.3 is 0 Å². The number of rotatable bonds is 5. The van der Waals surface area contributed by atoms with Gasteiger partial charge in [0.25, 0.3) is 0 Å². The number of hydrogen-bond acceptors (Lipinski definition) is 1. The van der Waals surface area contributed by atoms with Crippen LogP contribution in [0.25, 0.3) is 0 Å². The first-order valence-electron chi connectivity index (χ1n) is 9.13. The van der Waals surface area contributed by atoms with E-state index < -0.39 is 0 Å². The number of carbonyl (C=O) groups excluding carboxylic acids is 1. The van der Waals surface area contributed by atoms with E-state index in [1.807, 2.05) is 6.07 Å². The van der Waals surface area contributed by atoms with Crippen LogP contribution in [0.4, 0.5) is 0 Å². The van der Waals surface area contributed by atoms with Crippen LogP contribution in [-0.4, -0.2) is 11.9 Å². The van der Waals surface area contributed by atoms with Crippen molar-refractivity contribution in [3.8, 4) is 0 Å². The molecule has 1 aliphatic rings. The zero-order valence-corrected chi connectivity index (χ0v) is 14.5. The number of aryl methyl sites for hydroxylation is 1. The van der Waals surface area contributed by atoms with Gasteiger partial charge in [0.15, 0.2) is 0 Å². The van der Waals surface area contributed by atoms with Gasteiger partial charge in [0.1, 0.15) is 0 Å². The van der Waals surface area contributed by atoms with Crippen molar-refractivity contribution in [3.63, 3.8) is 0 Å². The number of hydrogen-bond donors (Lipinski definition) is 1. The first kappa shape index (κ1) is 16.8. The van der Waals surface area contributed by atoms with Gasteiger partial charge in [-0.05, 0) is 30.9 Å². The third-order valence-electron chi connectivity index (χ3n) is 5.04. The third kappa shape index (κ3) is 4.47. The van der Waals surface area contributed by atoms with Gasteiger partial charge in [-0.25, -0.2) is 0 Å². The van der Waals surface area contributed by atoms with E-state index in [0.717, 1.165) is 12.8 Å². The Hall–Kier alpha value is -2.09. The molecule has 126 valence electrons. The van der Waals surface area contributed by atoms with Crippen LogP contribution in [-0.2, 0) is 4.79 Å². The summed E-state index contributed by atoms with van der Waals surface area (Å²) >= 11 is 0. The molecule has 1 fully saturated rings. The van der Waals surface area contributed by atoms with Gasteiger partial charge < -0.3 is 5.32 Å². The summed E-state index contributed by atoms with van der Waals surface area (Å²) in [6.45, 7) is 2.09. The maximum Gasteiger partial charge on any atom is 0.221 e. The average Bonchev–Trinajstić information content (AvgIpc) is 2.62. The average molecular weight is 321 g/mol. The molecule has 1 aliphatic carbocycles. The minimum Gasteiger partial charge on any atom is -0.353 e. The Labute approximate surface area is 145 Å². The van der Waals surface area contributed by atoms with Crippen molar-refractivity contribution >= 4 is 5.91 Å². The molecule has 0 heterocycles. The summed E-state index contributed by atoms with van der Waals surface area (Å²) < 4.78 is 0. The van der Waals surface area contributed by atoms with Gasteiger partial charge in [-0.2, -0.15) is 0 Å². The lowest BCUT2D eigenvalue weighted by Gasteiger charge is -2.24. The fourth-order valence-electron chi connectivity index (χ4n) is 3.63. The van der Waals surface area contributed by atoms with Crippen molar-refractivity contribution in [1.29, 1.82) is 0 Å². The molecule has 0 bridgehead atoms. The fourth-order valence-corrected chi connectivity index (χ4v) is 3.63. The van der Waals surface area contributed by atoms with Crippen molar-refractivity contribution in [3.05, 3.63) is 71.3 Å². The Morgan fingerprint density at radius 3 is 2.25 bits per heavy atom. The molecular formula is C22H27NO. The van der Waals surface area contributed by atoms with Crippen LogP contribution >= 0.6 is 0 Å². The van der Waals surface area contributed by atoms with Crippen LogP contribution in [0, 0.1) is 6.92 Å². The molecule has 1 N–H and O–H groups in total. The van der Waals surface area contributed by atoms with Gasteiger partial charge in [-0.1, -0.05) is 79.4 Å². The summed E-state index contributed by atoms with van der Waals surface area (Å²) in [5, 5.41) is 3.26. The quantitative estimate of drug-likeness (QED) is 0.828. The minimum atomic E-state index is 0.121. The predicted octanol–water partition coefficient (Wildman–Crippen LogP) is 4.97. The summed E-state index contributed by atoms with van der Waals surface area (Å²) in [4.78, 5) is 12.6. The van der Waals surface area contributed by atoms with Gasteiger partial charge in [0.05, 0.1) is 0 Å². The first-order chi connectivity index (χ1) is 11.7. The Morgan fingerprint density at radius 1 is 0.958 bits per heavy atom. The van der Waals surface area contributed by atoms with Gasteiger partial charge in [0, 0.05) is 18.4 Å². The Balaban J connectivity index is 1.74. The van der Waals surface area contributed by atoms with E-state index in [1.165, 1.54) is 36.0 Å². The highest BCUT2D eigenvalue weighted by atomic mass is 16.1. The van der Waals surface area contributed by atoms with Crippen LogP contribution in [0.15, 0.2) is 54.6 Å². The van der Waals surface area contributed by atoms with Crippen molar-refractivity contribution in [1.82, 2.24) is 5.32 Å². The molecule has 0 aliphatic heterocycles. The highest BCUT2D eigenvalue weighted by molar-refractivity contribution is 5.78. The lowest BCUT2D eigenvalue weighted by Crippen LogP contribution is -2.36. The monoisotopic (exact) mass is 321 g/mol.